The second kappa shape index (κ2) is 11.9. The molecule has 0 amide bonds. The van der Waals surface area contributed by atoms with Crippen LogP contribution in [0.15, 0.2) is 12.7 Å². The molecule has 0 aromatic rings. The van der Waals surface area contributed by atoms with Gasteiger partial charge in [0.05, 0.1) is 25.0 Å². The van der Waals surface area contributed by atoms with Gasteiger partial charge < -0.3 is 14.2 Å². The average Bonchev–Trinajstić information content (AvgIpc) is 3.15. The third kappa shape index (κ3) is 8.41. The minimum Gasteiger partial charge on any atom is -0.460 e. The quantitative estimate of drug-likeness (QED) is 0.394. The largest absolute Gasteiger partial charge is 0.460 e. The second-order valence-electron chi connectivity index (χ2n) is 10.1. The summed E-state index contributed by atoms with van der Waals surface area (Å²) in [6, 6.07) is 0. The molecule has 2 aliphatic rings. The zero-order valence-electron chi connectivity index (χ0n) is 19.5. The van der Waals surface area contributed by atoms with Crippen molar-refractivity contribution in [2.45, 2.75) is 110 Å². The van der Waals surface area contributed by atoms with E-state index in [2.05, 4.69) is 6.58 Å². The van der Waals surface area contributed by atoms with E-state index in [1.807, 2.05) is 27.7 Å². The van der Waals surface area contributed by atoms with Crippen LogP contribution >= 0.6 is 0 Å². The Morgan fingerprint density at radius 1 is 1.13 bits per heavy atom. The molecule has 1 saturated carbocycles. The van der Waals surface area contributed by atoms with Crippen LogP contribution in [0.2, 0.25) is 0 Å². The summed E-state index contributed by atoms with van der Waals surface area (Å²) in [4.78, 5) is 25.2. The normalized spacial score (nSPS) is 29.3. The van der Waals surface area contributed by atoms with E-state index in [-0.39, 0.29) is 30.6 Å². The highest BCUT2D eigenvalue weighted by molar-refractivity contribution is 5.80. The predicted molar refractivity (Wildman–Crippen MR) is 118 cm³/mol. The van der Waals surface area contributed by atoms with Crippen molar-refractivity contribution in [1.29, 1.82) is 0 Å². The summed E-state index contributed by atoms with van der Waals surface area (Å²) in [5, 5.41) is 0. The van der Waals surface area contributed by atoms with Gasteiger partial charge in [-0.05, 0) is 58.8 Å². The van der Waals surface area contributed by atoms with Gasteiger partial charge in [-0.15, -0.1) is 6.58 Å². The number of hydrogen-bond donors (Lipinski definition) is 0. The fourth-order valence-corrected chi connectivity index (χ4v) is 4.96. The van der Waals surface area contributed by atoms with Gasteiger partial charge in [-0.1, -0.05) is 44.6 Å². The maximum Gasteiger partial charge on any atom is 0.309 e. The van der Waals surface area contributed by atoms with Crippen molar-refractivity contribution in [3.63, 3.8) is 0 Å². The van der Waals surface area contributed by atoms with Gasteiger partial charge in [0, 0.05) is 0 Å². The lowest BCUT2D eigenvalue weighted by Crippen LogP contribution is -2.40. The SMILES string of the molecule is C=CCO[C@@H]1[C@@H](CC2CCCC2)CCCC[C@H](CC(=O)OC(C)(C)C)C(=O)O[C@H]1C. The summed E-state index contributed by atoms with van der Waals surface area (Å²) >= 11 is 0. The third-order valence-electron chi connectivity index (χ3n) is 6.29. The monoisotopic (exact) mass is 422 g/mol. The Morgan fingerprint density at radius 2 is 1.77 bits per heavy atom. The Kier molecular flexibility index (Phi) is 9.86. The lowest BCUT2D eigenvalue weighted by molar-refractivity contribution is -0.170. The lowest BCUT2D eigenvalue weighted by Gasteiger charge is -2.34. The molecule has 30 heavy (non-hydrogen) atoms. The molecule has 1 heterocycles. The van der Waals surface area contributed by atoms with E-state index in [4.69, 9.17) is 14.2 Å². The Labute approximate surface area is 182 Å². The van der Waals surface area contributed by atoms with Crippen LogP contribution in [0.25, 0.3) is 0 Å². The molecule has 0 aromatic heterocycles. The van der Waals surface area contributed by atoms with Crippen molar-refractivity contribution in [3.05, 3.63) is 12.7 Å². The standard InChI is InChI=1S/C25H42O5/c1-6-15-28-23-18(2)29-24(27)21(17-22(26)30-25(3,4)5)14-10-9-13-20(23)16-19-11-7-8-12-19/h6,18-21,23H,1,7-17H2,2-5H3/t18-,20+,21+,23-/m0/s1. The zero-order chi connectivity index (χ0) is 22.1. The molecule has 0 unspecified atom stereocenters. The molecule has 4 atom stereocenters. The van der Waals surface area contributed by atoms with Crippen molar-refractivity contribution in [2.24, 2.45) is 17.8 Å². The van der Waals surface area contributed by atoms with Crippen molar-refractivity contribution < 1.29 is 23.8 Å². The van der Waals surface area contributed by atoms with Gasteiger partial charge in [-0.2, -0.15) is 0 Å². The van der Waals surface area contributed by atoms with Crippen LogP contribution in [0, 0.1) is 17.8 Å². The molecule has 5 heteroatoms. The second-order valence-corrected chi connectivity index (χ2v) is 10.1. The first-order valence-electron chi connectivity index (χ1n) is 11.8. The molecular formula is C25H42O5. The van der Waals surface area contributed by atoms with Gasteiger partial charge in [0.2, 0.25) is 0 Å². The maximum absolute atomic E-state index is 12.9. The van der Waals surface area contributed by atoms with Crippen molar-refractivity contribution in [1.82, 2.24) is 0 Å². The van der Waals surface area contributed by atoms with Crippen molar-refractivity contribution >= 4 is 11.9 Å². The predicted octanol–water partition coefficient (Wildman–Crippen LogP) is 5.61. The van der Waals surface area contributed by atoms with Crippen molar-refractivity contribution in [3.8, 4) is 0 Å². The number of ether oxygens (including phenoxy) is 3. The average molecular weight is 423 g/mol. The van der Waals surface area contributed by atoms with E-state index in [1.165, 1.54) is 25.7 Å². The summed E-state index contributed by atoms with van der Waals surface area (Å²) in [6.45, 7) is 11.7. The summed E-state index contributed by atoms with van der Waals surface area (Å²) in [7, 11) is 0. The molecule has 0 aromatic carbocycles. The number of hydrogen-bond acceptors (Lipinski definition) is 5. The molecule has 0 bridgehead atoms. The van der Waals surface area contributed by atoms with Gasteiger partial charge >= 0.3 is 11.9 Å². The van der Waals surface area contributed by atoms with E-state index < -0.39 is 11.5 Å². The number of carbonyl (C=O) groups is 2. The number of carbonyl (C=O) groups excluding carboxylic acids is 2. The third-order valence-corrected chi connectivity index (χ3v) is 6.29. The van der Waals surface area contributed by atoms with E-state index in [1.54, 1.807) is 6.08 Å². The summed E-state index contributed by atoms with van der Waals surface area (Å²) in [5.74, 6) is 0.0531. The zero-order valence-corrected chi connectivity index (χ0v) is 19.5. The first-order valence-corrected chi connectivity index (χ1v) is 11.8. The molecule has 172 valence electrons. The first kappa shape index (κ1) is 24.9. The van der Waals surface area contributed by atoms with Crippen LogP contribution in [0.1, 0.15) is 91.9 Å². The lowest BCUT2D eigenvalue weighted by atomic mass is 9.82. The number of esters is 2. The first-order chi connectivity index (χ1) is 14.2. The molecule has 1 saturated heterocycles. The van der Waals surface area contributed by atoms with Crippen LogP contribution in [0.5, 0.6) is 0 Å². The molecule has 5 nitrogen and oxygen atoms in total. The molecule has 0 N–H and O–H groups in total. The summed E-state index contributed by atoms with van der Waals surface area (Å²) < 4.78 is 17.4. The molecular weight excluding hydrogens is 380 g/mol. The summed E-state index contributed by atoms with van der Waals surface area (Å²) in [5.41, 5.74) is -0.554. The van der Waals surface area contributed by atoms with Crippen LogP contribution in [0.3, 0.4) is 0 Å². The van der Waals surface area contributed by atoms with Crippen LogP contribution in [-0.2, 0) is 23.8 Å². The highest BCUT2D eigenvalue weighted by Gasteiger charge is 2.35. The van der Waals surface area contributed by atoms with Crippen LogP contribution in [-0.4, -0.2) is 36.4 Å². The van der Waals surface area contributed by atoms with E-state index in [9.17, 15) is 9.59 Å². The Hall–Kier alpha value is -1.36. The highest BCUT2D eigenvalue weighted by atomic mass is 16.6. The highest BCUT2D eigenvalue weighted by Crippen LogP contribution is 2.36. The Balaban J connectivity index is 2.06. The minimum absolute atomic E-state index is 0.0759. The molecule has 0 spiro atoms. The molecule has 1 aliphatic heterocycles. The van der Waals surface area contributed by atoms with Crippen molar-refractivity contribution in [2.75, 3.05) is 6.61 Å². The van der Waals surface area contributed by atoms with Crippen LogP contribution in [0.4, 0.5) is 0 Å². The Morgan fingerprint density at radius 3 is 2.40 bits per heavy atom. The van der Waals surface area contributed by atoms with Gasteiger partial charge in [0.1, 0.15) is 11.7 Å². The molecule has 2 rings (SSSR count). The van der Waals surface area contributed by atoms with E-state index >= 15 is 0 Å². The Bertz CT molecular complexity index is 558. The topological polar surface area (TPSA) is 61.8 Å². The number of rotatable bonds is 7. The number of cyclic esters (lactones) is 1. The minimum atomic E-state index is -0.554. The summed E-state index contributed by atoms with van der Waals surface area (Å²) in [6.07, 6.45) is 11.4. The van der Waals surface area contributed by atoms with Crippen LogP contribution < -0.4 is 0 Å². The van der Waals surface area contributed by atoms with Gasteiger partial charge in [0.15, 0.2) is 0 Å². The molecule has 0 radical (unpaired) electrons. The fourth-order valence-electron chi connectivity index (χ4n) is 4.96. The van der Waals surface area contributed by atoms with Gasteiger partial charge in [0.25, 0.3) is 0 Å². The maximum atomic E-state index is 12.9. The smallest absolute Gasteiger partial charge is 0.309 e. The molecule has 1 aliphatic carbocycles. The van der Waals surface area contributed by atoms with E-state index in [0.717, 1.165) is 31.6 Å². The van der Waals surface area contributed by atoms with E-state index in [0.29, 0.717) is 18.9 Å². The van der Waals surface area contributed by atoms with Gasteiger partial charge in [-0.25, -0.2) is 0 Å². The fraction of sp³-hybridized carbons (Fsp3) is 0.840. The molecule has 2 fully saturated rings. The van der Waals surface area contributed by atoms with Gasteiger partial charge in [-0.3, -0.25) is 9.59 Å².